The molecule has 0 saturated heterocycles. The number of alkyl carbamates (subject to hydrolysis) is 1. The molecule has 0 heterocycles. The summed E-state index contributed by atoms with van der Waals surface area (Å²) in [5.74, 6) is -1.43. The van der Waals surface area contributed by atoms with Crippen molar-refractivity contribution in [1.82, 2.24) is 10.6 Å². The van der Waals surface area contributed by atoms with Crippen LogP contribution in [0.2, 0.25) is 0 Å². The minimum Gasteiger partial charge on any atom is -0.481 e. The maximum absolute atomic E-state index is 13.0. The van der Waals surface area contributed by atoms with Crippen LogP contribution in [0.3, 0.4) is 0 Å². The fraction of sp³-hybridized carbons (Fsp3) is 0.464. The van der Waals surface area contributed by atoms with Crippen molar-refractivity contribution in [2.45, 2.75) is 69.9 Å². The Bertz CT molecular complexity index is 1050. The smallest absolute Gasteiger partial charge is 0.407 e. The number of amides is 2. The van der Waals surface area contributed by atoms with Gasteiger partial charge in [-0.2, -0.15) is 0 Å². The molecule has 1 saturated carbocycles. The molecule has 0 aliphatic heterocycles. The fourth-order valence-corrected chi connectivity index (χ4v) is 5.32. The van der Waals surface area contributed by atoms with Crippen molar-refractivity contribution in [3.63, 3.8) is 0 Å². The Morgan fingerprint density at radius 1 is 0.971 bits per heavy atom. The topological polar surface area (TPSA) is 105 Å². The number of rotatable bonds is 8. The SMILES string of the molecule is CC(C)(CCC(=O)O)NC(=O)C1CCCCC1NC(=O)OCC1c2ccccc2-c2ccccc21. The van der Waals surface area contributed by atoms with Gasteiger partial charge in [-0.25, -0.2) is 4.79 Å². The van der Waals surface area contributed by atoms with Gasteiger partial charge in [0.15, 0.2) is 0 Å². The van der Waals surface area contributed by atoms with Crippen LogP contribution in [0.4, 0.5) is 4.79 Å². The summed E-state index contributed by atoms with van der Waals surface area (Å²) in [6.07, 6.45) is 3.04. The maximum atomic E-state index is 13.0. The highest BCUT2D eigenvalue weighted by Gasteiger charge is 2.35. The number of ether oxygens (including phenoxy) is 1. The van der Waals surface area contributed by atoms with E-state index in [0.29, 0.717) is 19.3 Å². The van der Waals surface area contributed by atoms with E-state index in [9.17, 15) is 14.4 Å². The molecular formula is C28H34N2O5. The molecule has 1 fully saturated rings. The summed E-state index contributed by atoms with van der Waals surface area (Å²) in [4.78, 5) is 36.8. The highest BCUT2D eigenvalue weighted by Crippen LogP contribution is 2.44. The Kier molecular flexibility index (Phi) is 7.43. The molecule has 4 rings (SSSR count). The number of carbonyl (C=O) groups is 3. The normalized spacial score (nSPS) is 19.4. The van der Waals surface area contributed by atoms with Crippen LogP contribution < -0.4 is 10.6 Å². The lowest BCUT2D eigenvalue weighted by molar-refractivity contribution is -0.138. The standard InChI is InChI=1S/C28H34N2O5/c1-28(2,16-15-25(31)32)30-26(33)22-13-7-8-14-24(22)29-27(34)35-17-23-20-11-5-3-9-18(20)19-10-4-6-12-21(19)23/h3-6,9-12,22-24H,7-8,13-17H2,1-2H3,(H,29,34)(H,30,33)(H,31,32). The van der Waals surface area contributed by atoms with Gasteiger partial charge in [0.1, 0.15) is 6.61 Å². The number of hydrogen-bond acceptors (Lipinski definition) is 4. The van der Waals surface area contributed by atoms with Crippen LogP contribution in [0.1, 0.15) is 69.4 Å². The largest absolute Gasteiger partial charge is 0.481 e. The van der Waals surface area contributed by atoms with E-state index in [4.69, 9.17) is 9.84 Å². The number of aliphatic carboxylic acids is 1. The molecule has 7 heteroatoms. The minimum absolute atomic E-state index is 0.0145. The fourth-order valence-electron chi connectivity index (χ4n) is 5.32. The van der Waals surface area contributed by atoms with Crippen LogP contribution in [0.5, 0.6) is 0 Å². The first-order valence-electron chi connectivity index (χ1n) is 12.4. The van der Waals surface area contributed by atoms with E-state index >= 15 is 0 Å². The minimum atomic E-state index is -0.889. The molecule has 35 heavy (non-hydrogen) atoms. The zero-order chi connectivity index (χ0) is 25.0. The van der Waals surface area contributed by atoms with Gasteiger partial charge < -0.3 is 20.5 Å². The van der Waals surface area contributed by atoms with Crippen LogP contribution in [-0.4, -0.2) is 41.3 Å². The third-order valence-corrected chi connectivity index (χ3v) is 7.18. The zero-order valence-electron chi connectivity index (χ0n) is 20.4. The van der Waals surface area contributed by atoms with Crippen molar-refractivity contribution >= 4 is 18.0 Å². The molecule has 2 atom stereocenters. The quantitative estimate of drug-likeness (QED) is 0.503. The number of carboxylic acid groups (broad SMARTS) is 1. The highest BCUT2D eigenvalue weighted by molar-refractivity contribution is 5.81. The molecule has 7 nitrogen and oxygen atoms in total. The summed E-state index contributed by atoms with van der Waals surface area (Å²) in [6, 6.07) is 16.1. The van der Waals surface area contributed by atoms with E-state index in [1.807, 2.05) is 38.1 Å². The molecule has 2 amide bonds. The number of hydrogen-bond donors (Lipinski definition) is 3. The second-order valence-corrected chi connectivity index (χ2v) is 10.2. The summed E-state index contributed by atoms with van der Waals surface area (Å²) >= 11 is 0. The lowest BCUT2D eigenvalue weighted by Gasteiger charge is -2.34. The van der Waals surface area contributed by atoms with Gasteiger partial charge in [0.2, 0.25) is 5.91 Å². The lowest BCUT2D eigenvalue weighted by Crippen LogP contribution is -2.53. The number of carboxylic acids is 1. The molecule has 2 aliphatic carbocycles. The van der Waals surface area contributed by atoms with Gasteiger partial charge >= 0.3 is 12.1 Å². The first-order chi connectivity index (χ1) is 16.7. The summed E-state index contributed by atoms with van der Waals surface area (Å²) < 4.78 is 5.69. The maximum Gasteiger partial charge on any atom is 0.407 e. The molecule has 0 bridgehead atoms. The molecule has 3 N–H and O–H groups in total. The predicted molar refractivity (Wildman–Crippen MR) is 133 cm³/mol. The van der Waals surface area contributed by atoms with Crippen LogP contribution in [0.15, 0.2) is 48.5 Å². The Labute approximate surface area is 206 Å². The van der Waals surface area contributed by atoms with Crippen molar-refractivity contribution in [3.8, 4) is 11.1 Å². The Hall–Kier alpha value is -3.35. The van der Waals surface area contributed by atoms with E-state index in [1.165, 1.54) is 11.1 Å². The van der Waals surface area contributed by atoms with Crippen LogP contribution in [0, 0.1) is 5.92 Å². The van der Waals surface area contributed by atoms with Crippen molar-refractivity contribution in [3.05, 3.63) is 59.7 Å². The molecule has 2 aromatic rings. The molecule has 0 spiro atoms. The Morgan fingerprint density at radius 3 is 2.20 bits per heavy atom. The number of fused-ring (bicyclic) bond motifs is 3. The van der Waals surface area contributed by atoms with Crippen LogP contribution in [-0.2, 0) is 14.3 Å². The first-order valence-corrected chi connectivity index (χ1v) is 12.4. The third-order valence-electron chi connectivity index (χ3n) is 7.18. The van der Waals surface area contributed by atoms with E-state index in [1.54, 1.807) is 0 Å². The predicted octanol–water partition coefficient (Wildman–Crippen LogP) is 4.84. The van der Waals surface area contributed by atoms with Gasteiger partial charge in [-0.15, -0.1) is 0 Å². The van der Waals surface area contributed by atoms with Crippen molar-refractivity contribution in [2.75, 3.05) is 6.61 Å². The van der Waals surface area contributed by atoms with Gasteiger partial charge in [-0.05, 0) is 55.4 Å². The highest BCUT2D eigenvalue weighted by atomic mass is 16.5. The van der Waals surface area contributed by atoms with Crippen molar-refractivity contribution in [2.24, 2.45) is 5.92 Å². The molecule has 2 unspecified atom stereocenters. The van der Waals surface area contributed by atoms with Crippen molar-refractivity contribution < 1.29 is 24.2 Å². The molecule has 0 aromatic heterocycles. The average molecular weight is 479 g/mol. The van der Waals surface area contributed by atoms with Gasteiger partial charge in [0.25, 0.3) is 0 Å². The van der Waals surface area contributed by atoms with Crippen LogP contribution >= 0.6 is 0 Å². The second kappa shape index (κ2) is 10.5. The zero-order valence-corrected chi connectivity index (χ0v) is 20.4. The number of benzene rings is 2. The van der Waals surface area contributed by atoms with Gasteiger partial charge in [0.05, 0.1) is 5.92 Å². The average Bonchev–Trinajstić information content (AvgIpc) is 3.15. The second-order valence-electron chi connectivity index (χ2n) is 10.2. The number of carbonyl (C=O) groups excluding carboxylic acids is 2. The molecule has 2 aliphatic rings. The van der Waals surface area contributed by atoms with E-state index in [-0.39, 0.29) is 36.8 Å². The molecule has 2 aromatic carbocycles. The Morgan fingerprint density at radius 2 is 1.57 bits per heavy atom. The van der Waals surface area contributed by atoms with Gasteiger partial charge in [-0.1, -0.05) is 61.4 Å². The van der Waals surface area contributed by atoms with Crippen molar-refractivity contribution in [1.29, 1.82) is 0 Å². The molecule has 186 valence electrons. The summed E-state index contributed by atoms with van der Waals surface area (Å²) in [7, 11) is 0. The summed E-state index contributed by atoms with van der Waals surface area (Å²) in [5, 5.41) is 14.9. The lowest BCUT2D eigenvalue weighted by atomic mass is 9.83. The van der Waals surface area contributed by atoms with E-state index < -0.39 is 17.6 Å². The Balaban J connectivity index is 1.36. The van der Waals surface area contributed by atoms with E-state index in [0.717, 1.165) is 24.0 Å². The van der Waals surface area contributed by atoms with Gasteiger partial charge in [-0.3, -0.25) is 9.59 Å². The van der Waals surface area contributed by atoms with Crippen LogP contribution in [0.25, 0.3) is 11.1 Å². The molecular weight excluding hydrogens is 444 g/mol. The first kappa shape index (κ1) is 24.8. The molecule has 0 radical (unpaired) electrons. The third kappa shape index (κ3) is 5.84. The monoisotopic (exact) mass is 478 g/mol. The van der Waals surface area contributed by atoms with E-state index in [2.05, 4.69) is 34.9 Å². The summed E-state index contributed by atoms with van der Waals surface area (Å²) in [6.45, 7) is 3.88. The van der Waals surface area contributed by atoms with Gasteiger partial charge in [0, 0.05) is 23.9 Å². The number of nitrogens with one attached hydrogen (secondary N) is 2. The summed E-state index contributed by atoms with van der Waals surface area (Å²) in [5.41, 5.74) is 4.01.